The fourth-order valence-electron chi connectivity index (χ4n) is 3.98. The fourth-order valence-corrected chi connectivity index (χ4v) is 4.68. The number of amides is 1. The van der Waals surface area contributed by atoms with Gasteiger partial charge in [0.05, 0.1) is 23.4 Å². The summed E-state index contributed by atoms with van der Waals surface area (Å²) in [4.78, 5) is 14.2. The number of nitrogens with two attached hydrogens (primary N) is 1. The molecule has 0 aromatic carbocycles. The van der Waals surface area contributed by atoms with E-state index >= 15 is 0 Å². The number of carbonyl (C=O) groups is 1. The summed E-state index contributed by atoms with van der Waals surface area (Å²) < 4.78 is 5.49. The molecule has 0 spiro atoms. The molecule has 7 nitrogen and oxygen atoms in total. The van der Waals surface area contributed by atoms with Crippen LogP contribution in [0, 0.1) is 45.3 Å². The van der Waals surface area contributed by atoms with Gasteiger partial charge in [0.15, 0.2) is 5.41 Å². The van der Waals surface area contributed by atoms with E-state index in [4.69, 9.17) is 10.5 Å². The Balaban J connectivity index is 2.14. The van der Waals surface area contributed by atoms with Crippen molar-refractivity contribution in [2.45, 2.75) is 32.3 Å². The lowest BCUT2D eigenvalue weighted by atomic mass is 9.58. The molecule has 2 N–H and O–H groups in total. The number of rotatable bonds is 1. The second kappa shape index (κ2) is 7.28. The van der Waals surface area contributed by atoms with Crippen molar-refractivity contribution in [3.05, 3.63) is 45.3 Å². The van der Waals surface area contributed by atoms with Crippen LogP contribution in [-0.2, 0) is 4.74 Å². The Labute approximate surface area is 173 Å². The van der Waals surface area contributed by atoms with Crippen molar-refractivity contribution in [1.82, 2.24) is 4.90 Å². The van der Waals surface area contributed by atoms with Gasteiger partial charge < -0.3 is 15.4 Å². The predicted molar refractivity (Wildman–Crippen MR) is 107 cm³/mol. The molecule has 0 saturated heterocycles. The maximum absolute atomic E-state index is 12.6. The third-order valence-electron chi connectivity index (χ3n) is 5.22. The van der Waals surface area contributed by atoms with Crippen molar-refractivity contribution in [3.8, 4) is 18.2 Å². The van der Waals surface area contributed by atoms with Gasteiger partial charge in [-0.3, -0.25) is 0 Å². The highest BCUT2D eigenvalue weighted by Crippen LogP contribution is 2.54. The van der Waals surface area contributed by atoms with E-state index in [2.05, 4.69) is 18.2 Å². The molecule has 2 unspecified atom stereocenters. The first-order chi connectivity index (χ1) is 13.7. The van der Waals surface area contributed by atoms with Crippen molar-refractivity contribution in [3.63, 3.8) is 0 Å². The van der Waals surface area contributed by atoms with Gasteiger partial charge in [0.2, 0.25) is 0 Å². The van der Waals surface area contributed by atoms with E-state index in [1.54, 1.807) is 26.8 Å². The van der Waals surface area contributed by atoms with E-state index in [0.717, 1.165) is 5.56 Å². The molecule has 29 heavy (non-hydrogen) atoms. The minimum atomic E-state index is -1.69. The quantitative estimate of drug-likeness (QED) is 0.760. The lowest BCUT2D eigenvalue weighted by molar-refractivity contribution is 0.0225. The van der Waals surface area contributed by atoms with Crippen molar-refractivity contribution >= 4 is 17.4 Å². The largest absolute Gasteiger partial charge is 0.444 e. The van der Waals surface area contributed by atoms with Gasteiger partial charge >= 0.3 is 6.09 Å². The first-order valence-electron chi connectivity index (χ1n) is 9.11. The number of carbonyl (C=O) groups excluding carboxylic acids is 1. The van der Waals surface area contributed by atoms with Crippen LogP contribution < -0.4 is 5.73 Å². The van der Waals surface area contributed by atoms with Crippen LogP contribution in [0.1, 0.15) is 32.3 Å². The average molecular weight is 407 g/mol. The minimum Gasteiger partial charge on any atom is -0.444 e. The highest BCUT2D eigenvalue weighted by atomic mass is 32.1. The van der Waals surface area contributed by atoms with Crippen LogP contribution in [0.15, 0.2) is 39.7 Å². The zero-order valence-electron chi connectivity index (χ0n) is 16.5. The molecular weight excluding hydrogens is 386 g/mol. The lowest BCUT2D eigenvalue weighted by Crippen LogP contribution is -2.50. The van der Waals surface area contributed by atoms with Crippen LogP contribution in [0.5, 0.6) is 0 Å². The van der Waals surface area contributed by atoms with Gasteiger partial charge in [-0.15, -0.1) is 0 Å². The highest BCUT2D eigenvalue weighted by Gasteiger charge is 2.55. The van der Waals surface area contributed by atoms with Crippen molar-refractivity contribution in [1.29, 1.82) is 15.8 Å². The van der Waals surface area contributed by atoms with E-state index < -0.39 is 28.9 Å². The second-order valence-electron chi connectivity index (χ2n) is 8.12. The fraction of sp³-hybridized carbons (Fsp3) is 0.429. The molecule has 1 aromatic heterocycles. The van der Waals surface area contributed by atoms with Crippen LogP contribution in [0.4, 0.5) is 4.79 Å². The Bertz CT molecular complexity index is 997. The minimum absolute atomic E-state index is 0.0191. The smallest absolute Gasteiger partial charge is 0.410 e. The summed E-state index contributed by atoms with van der Waals surface area (Å²) in [5, 5.41) is 33.5. The van der Waals surface area contributed by atoms with Gasteiger partial charge in [-0.2, -0.15) is 27.1 Å². The molecule has 1 aliphatic heterocycles. The Morgan fingerprint density at radius 2 is 2.03 bits per heavy atom. The van der Waals surface area contributed by atoms with E-state index in [-0.39, 0.29) is 24.4 Å². The lowest BCUT2D eigenvalue weighted by Gasteiger charge is -2.45. The van der Waals surface area contributed by atoms with Crippen molar-refractivity contribution in [2.24, 2.45) is 17.1 Å². The summed E-state index contributed by atoms with van der Waals surface area (Å²) in [5.41, 5.74) is 5.52. The Hall–Kier alpha value is -3.28. The standard InChI is InChI=1S/C21H21N5O2S/c1-20(2,3)28-19(27)26-6-4-14-15(8-22)18(25)21(11-23,12-24)17(16(14)9-26)13-5-7-29-10-13/h4-5,7,10,16-17H,6,9,25H2,1-3H3. The van der Waals surface area contributed by atoms with Crippen LogP contribution in [0.25, 0.3) is 0 Å². The zero-order valence-corrected chi connectivity index (χ0v) is 17.3. The molecule has 1 amide bonds. The molecule has 1 aromatic rings. The number of thiophene rings is 1. The van der Waals surface area contributed by atoms with E-state index in [0.29, 0.717) is 5.57 Å². The van der Waals surface area contributed by atoms with Crippen molar-refractivity contribution in [2.75, 3.05) is 13.1 Å². The summed E-state index contributed by atoms with van der Waals surface area (Å²) in [6, 6.07) is 8.10. The number of ether oxygens (including phenoxy) is 1. The maximum Gasteiger partial charge on any atom is 0.410 e. The monoisotopic (exact) mass is 407 g/mol. The third-order valence-corrected chi connectivity index (χ3v) is 5.92. The molecule has 148 valence electrons. The van der Waals surface area contributed by atoms with E-state index in [9.17, 15) is 20.6 Å². The molecule has 2 heterocycles. The SMILES string of the molecule is CC(C)(C)OC(=O)N1CC=C2C(C#N)=C(N)C(C#N)(C#N)C(c3ccsc3)C2C1. The number of nitrogens with zero attached hydrogens (tertiary/aromatic N) is 4. The highest BCUT2D eigenvalue weighted by molar-refractivity contribution is 7.08. The normalized spacial score (nSPS) is 23.2. The van der Waals surface area contributed by atoms with Crippen LogP contribution in [0.2, 0.25) is 0 Å². The third kappa shape index (κ3) is 3.35. The number of fused-ring (bicyclic) bond motifs is 1. The van der Waals surface area contributed by atoms with E-state index in [1.165, 1.54) is 16.2 Å². The molecule has 0 fully saturated rings. The summed E-state index contributed by atoms with van der Waals surface area (Å²) in [7, 11) is 0. The van der Waals surface area contributed by atoms with Crippen molar-refractivity contribution < 1.29 is 9.53 Å². The predicted octanol–water partition coefficient (Wildman–Crippen LogP) is 3.41. The van der Waals surface area contributed by atoms with Gasteiger partial charge in [0, 0.05) is 24.9 Å². The van der Waals surface area contributed by atoms with Gasteiger partial charge in [-0.25, -0.2) is 4.79 Å². The molecule has 2 aliphatic rings. The number of hydrogen-bond acceptors (Lipinski definition) is 7. The summed E-state index contributed by atoms with van der Waals surface area (Å²) in [6.45, 7) is 5.86. The van der Waals surface area contributed by atoms with Crippen LogP contribution in [0.3, 0.4) is 0 Å². The van der Waals surface area contributed by atoms with Gasteiger partial charge in [-0.05, 0) is 48.7 Å². The van der Waals surface area contributed by atoms with Crippen LogP contribution in [-0.4, -0.2) is 29.7 Å². The second-order valence-corrected chi connectivity index (χ2v) is 8.90. The van der Waals surface area contributed by atoms with Gasteiger partial charge in [0.25, 0.3) is 0 Å². The molecule has 1 aliphatic carbocycles. The molecule has 8 heteroatoms. The Morgan fingerprint density at radius 3 is 2.55 bits per heavy atom. The number of allylic oxidation sites excluding steroid dienone is 2. The van der Waals surface area contributed by atoms with Gasteiger partial charge in [0.1, 0.15) is 11.7 Å². The summed E-state index contributed by atoms with van der Waals surface area (Å²) in [5.74, 6) is -1.02. The zero-order chi connectivity index (χ0) is 21.4. The van der Waals surface area contributed by atoms with Gasteiger partial charge in [-0.1, -0.05) is 6.08 Å². The summed E-state index contributed by atoms with van der Waals surface area (Å²) >= 11 is 1.45. The molecule has 0 saturated carbocycles. The molecule has 0 bridgehead atoms. The first kappa shape index (κ1) is 20.5. The molecule has 3 rings (SSSR count). The first-order valence-corrected chi connectivity index (χ1v) is 10.1. The van der Waals surface area contributed by atoms with Crippen LogP contribution >= 0.6 is 11.3 Å². The molecular formula is C21H21N5O2S. The number of hydrogen-bond donors (Lipinski definition) is 1. The Morgan fingerprint density at radius 1 is 1.34 bits per heavy atom. The molecule has 2 atom stereocenters. The Kier molecular flexibility index (Phi) is 5.13. The summed E-state index contributed by atoms with van der Waals surface area (Å²) in [6.07, 6.45) is 1.30. The topological polar surface area (TPSA) is 127 Å². The maximum atomic E-state index is 12.6. The number of nitriles is 3. The average Bonchev–Trinajstić information content (AvgIpc) is 3.19. The van der Waals surface area contributed by atoms with E-state index in [1.807, 2.05) is 16.8 Å². The molecule has 0 radical (unpaired) electrons.